The number of methoxy groups -OCH3 is 1. The highest BCUT2D eigenvalue weighted by Gasteiger charge is 2.14. The SMILES string of the molecule is COc1ccccc1C(=O)C(C)N.Cl. The van der Waals surface area contributed by atoms with Gasteiger partial charge in [-0.2, -0.15) is 0 Å². The van der Waals surface area contributed by atoms with Gasteiger partial charge in [-0.1, -0.05) is 12.1 Å². The van der Waals surface area contributed by atoms with Crippen LogP contribution in [0.25, 0.3) is 0 Å². The summed E-state index contributed by atoms with van der Waals surface area (Å²) in [6, 6.07) is 6.58. The summed E-state index contributed by atoms with van der Waals surface area (Å²) in [5.41, 5.74) is 6.03. The average Bonchev–Trinajstić information content (AvgIpc) is 2.16. The molecule has 1 atom stereocenters. The van der Waals surface area contributed by atoms with Crippen molar-refractivity contribution in [2.75, 3.05) is 7.11 Å². The van der Waals surface area contributed by atoms with Crippen molar-refractivity contribution < 1.29 is 9.53 Å². The Bertz CT molecular complexity index is 313. The quantitative estimate of drug-likeness (QED) is 0.781. The highest BCUT2D eigenvalue weighted by atomic mass is 35.5. The molecule has 0 fully saturated rings. The molecule has 0 bridgehead atoms. The van der Waals surface area contributed by atoms with Crippen molar-refractivity contribution in [3.05, 3.63) is 29.8 Å². The summed E-state index contributed by atoms with van der Waals surface area (Å²) < 4.78 is 5.04. The van der Waals surface area contributed by atoms with Crippen molar-refractivity contribution in [3.63, 3.8) is 0 Å². The van der Waals surface area contributed by atoms with Gasteiger partial charge in [0.2, 0.25) is 0 Å². The second-order valence-electron chi connectivity index (χ2n) is 2.85. The molecule has 1 rings (SSSR count). The normalized spacial score (nSPS) is 11.4. The van der Waals surface area contributed by atoms with E-state index in [2.05, 4.69) is 0 Å². The molecular weight excluding hydrogens is 202 g/mol. The zero-order valence-electron chi connectivity index (χ0n) is 8.19. The predicted molar refractivity (Wildman–Crippen MR) is 58.2 cm³/mol. The summed E-state index contributed by atoms with van der Waals surface area (Å²) in [7, 11) is 1.54. The molecule has 0 aliphatic rings. The van der Waals surface area contributed by atoms with Gasteiger partial charge in [-0.25, -0.2) is 0 Å². The maximum atomic E-state index is 11.5. The van der Waals surface area contributed by atoms with E-state index in [0.29, 0.717) is 11.3 Å². The molecule has 0 aromatic heterocycles. The van der Waals surface area contributed by atoms with Crippen molar-refractivity contribution in [2.45, 2.75) is 13.0 Å². The number of ether oxygens (including phenoxy) is 1. The molecule has 78 valence electrons. The lowest BCUT2D eigenvalue weighted by molar-refractivity contribution is 0.0965. The number of Topliss-reactive ketones (excluding diaryl/α,β-unsaturated/α-hetero) is 1. The molecule has 0 heterocycles. The first-order valence-electron chi connectivity index (χ1n) is 4.09. The minimum Gasteiger partial charge on any atom is -0.496 e. The van der Waals surface area contributed by atoms with Crippen LogP contribution in [0.2, 0.25) is 0 Å². The van der Waals surface area contributed by atoms with Crippen LogP contribution in [0, 0.1) is 0 Å². The molecule has 1 unspecified atom stereocenters. The van der Waals surface area contributed by atoms with Crippen molar-refractivity contribution in [1.82, 2.24) is 0 Å². The van der Waals surface area contributed by atoms with Crippen molar-refractivity contribution in [3.8, 4) is 5.75 Å². The fraction of sp³-hybridized carbons (Fsp3) is 0.300. The van der Waals surface area contributed by atoms with Crippen LogP contribution in [0.1, 0.15) is 17.3 Å². The van der Waals surface area contributed by atoms with Gasteiger partial charge in [0.1, 0.15) is 5.75 Å². The molecule has 0 radical (unpaired) electrons. The Morgan fingerprint density at radius 3 is 2.50 bits per heavy atom. The third-order valence-electron chi connectivity index (χ3n) is 1.79. The van der Waals surface area contributed by atoms with Crippen LogP contribution in [0.15, 0.2) is 24.3 Å². The van der Waals surface area contributed by atoms with Gasteiger partial charge >= 0.3 is 0 Å². The first-order valence-corrected chi connectivity index (χ1v) is 4.09. The Morgan fingerprint density at radius 2 is 2.00 bits per heavy atom. The fourth-order valence-electron chi connectivity index (χ4n) is 1.09. The second-order valence-corrected chi connectivity index (χ2v) is 2.85. The van der Waals surface area contributed by atoms with E-state index in [1.54, 1.807) is 25.1 Å². The standard InChI is InChI=1S/C10H13NO2.ClH/c1-7(11)10(12)8-5-3-4-6-9(8)13-2;/h3-7H,11H2,1-2H3;1H. The molecule has 4 heteroatoms. The maximum Gasteiger partial charge on any atom is 0.182 e. The summed E-state index contributed by atoms with van der Waals surface area (Å²) >= 11 is 0. The van der Waals surface area contributed by atoms with E-state index in [0.717, 1.165) is 0 Å². The topological polar surface area (TPSA) is 52.3 Å². The van der Waals surface area contributed by atoms with Crippen LogP contribution in [-0.4, -0.2) is 18.9 Å². The van der Waals surface area contributed by atoms with Crippen LogP contribution in [0.3, 0.4) is 0 Å². The number of halogens is 1. The van der Waals surface area contributed by atoms with E-state index in [1.165, 1.54) is 7.11 Å². The van der Waals surface area contributed by atoms with Crippen molar-refractivity contribution >= 4 is 18.2 Å². The lowest BCUT2D eigenvalue weighted by Gasteiger charge is -2.08. The molecule has 0 aliphatic heterocycles. The van der Waals surface area contributed by atoms with E-state index in [1.807, 2.05) is 6.07 Å². The Morgan fingerprint density at radius 1 is 1.43 bits per heavy atom. The van der Waals surface area contributed by atoms with Gasteiger partial charge in [-0.05, 0) is 19.1 Å². The molecule has 2 N–H and O–H groups in total. The first-order chi connectivity index (χ1) is 6.16. The fourth-order valence-corrected chi connectivity index (χ4v) is 1.09. The summed E-state index contributed by atoms with van der Waals surface area (Å²) in [5, 5.41) is 0. The van der Waals surface area contributed by atoms with Gasteiger partial charge in [0.25, 0.3) is 0 Å². The maximum absolute atomic E-state index is 11.5. The number of benzene rings is 1. The zero-order chi connectivity index (χ0) is 9.84. The third-order valence-corrected chi connectivity index (χ3v) is 1.79. The largest absolute Gasteiger partial charge is 0.496 e. The van der Waals surface area contributed by atoms with Crippen LogP contribution in [0.4, 0.5) is 0 Å². The molecule has 0 spiro atoms. The summed E-state index contributed by atoms with van der Waals surface area (Å²) in [4.78, 5) is 11.5. The van der Waals surface area contributed by atoms with Gasteiger partial charge in [-0.15, -0.1) is 12.4 Å². The van der Waals surface area contributed by atoms with Crippen LogP contribution in [0.5, 0.6) is 5.75 Å². The Balaban J connectivity index is 0.00000169. The van der Waals surface area contributed by atoms with Crippen LogP contribution < -0.4 is 10.5 Å². The number of hydrogen-bond acceptors (Lipinski definition) is 3. The summed E-state index contributed by atoms with van der Waals surface area (Å²) in [5.74, 6) is 0.474. The molecule has 0 aliphatic carbocycles. The Kier molecular flexibility index (Phi) is 5.20. The van der Waals surface area contributed by atoms with Crippen LogP contribution in [-0.2, 0) is 0 Å². The average molecular weight is 216 g/mol. The van der Waals surface area contributed by atoms with Crippen molar-refractivity contribution in [1.29, 1.82) is 0 Å². The Hall–Kier alpha value is -1.06. The number of rotatable bonds is 3. The van der Waals surface area contributed by atoms with Crippen LogP contribution >= 0.6 is 12.4 Å². The first kappa shape index (κ1) is 12.9. The molecule has 14 heavy (non-hydrogen) atoms. The second kappa shape index (κ2) is 5.62. The highest BCUT2D eigenvalue weighted by Crippen LogP contribution is 2.18. The minimum absolute atomic E-state index is 0. The van der Waals surface area contributed by atoms with Crippen molar-refractivity contribution in [2.24, 2.45) is 5.73 Å². The van der Waals surface area contributed by atoms with E-state index in [9.17, 15) is 4.79 Å². The Labute approximate surface area is 89.7 Å². The van der Waals surface area contributed by atoms with E-state index in [4.69, 9.17) is 10.5 Å². The lowest BCUT2D eigenvalue weighted by Crippen LogP contribution is -2.26. The summed E-state index contributed by atoms with van der Waals surface area (Å²) in [6.07, 6.45) is 0. The van der Waals surface area contributed by atoms with Gasteiger partial charge < -0.3 is 10.5 Å². The van der Waals surface area contributed by atoms with Gasteiger partial charge in [0.05, 0.1) is 18.7 Å². The van der Waals surface area contributed by atoms with Gasteiger partial charge in [0, 0.05) is 0 Å². The zero-order valence-corrected chi connectivity index (χ0v) is 9.01. The number of carbonyl (C=O) groups is 1. The van der Waals surface area contributed by atoms with E-state index >= 15 is 0 Å². The van der Waals surface area contributed by atoms with Gasteiger partial charge in [0.15, 0.2) is 5.78 Å². The lowest BCUT2D eigenvalue weighted by atomic mass is 10.1. The molecule has 3 nitrogen and oxygen atoms in total. The molecule has 0 saturated heterocycles. The number of hydrogen-bond donors (Lipinski definition) is 1. The van der Waals surface area contributed by atoms with E-state index in [-0.39, 0.29) is 18.2 Å². The predicted octanol–water partition coefficient (Wildman–Crippen LogP) is 1.65. The molecular formula is C10H14ClNO2. The summed E-state index contributed by atoms with van der Waals surface area (Å²) in [6.45, 7) is 1.66. The number of para-hydroxylation sites is 1. The molecule has 0 amide bonds. The molecule has 1 aromatic carbocycles. The number of carbonyl (C=O) groups excluding carboxylic acids is 1. The number of ketones is 1. The number of nitrogens with two attached hydrogens (primary N) is 1. The monoisotopic (exact) mass is 215 g/mol. The third kappa shape index (κ3) is 2.72. The molecule has 0 saturated carbocycles. The smallest absolute Gasteiger partial charge is 0.182 e. The van der Waals surface area contributed by atoms with E-state index < -0.39 is 6.04 Å². The minimum atomic E-state index is -0.490. The molecule has 1 aromatic rings. The highest BCUT2D eigenvalue weighted by molar-refractivity contribution is 6.01. The van der Waals surface area contributed by atoms with Gasteiger partial charge in [-0.3, -0.25) is 4.79 Å².